The summed E-state index contributed by atoms with van der Waals surface area (Å²) in [5.74, 6) is -1.31. The molecule has 1 unspecified atom stereocenters. The van der Waals surface area contributed by atoms with Crippen LogP contribution in [0, 0.1) is 0 Å². The number of nitrogens with zero attached hydrogens (tertiary/aromatic N) is 2. The molecule has 1 aliphatic rings. The highest BCUT2D eigenvalue weighted by atomic mass is 16.4. The van der Waals surface area contributed by atoms with Gasteiger partial charge in [0, 0.05) is 38.3 Å². The Balaban J connectivity index is 1.98. The van der Waals surface area contributed by atoms with E-state index in [9.17, 15) is 9.59 Å². The van der Waals surface area contributed by atoms with E-state index in [1.54, 1.807) is 6.07 Å². The molecule has 1 aromatic carbocycles. The number of rotatable bonds is 7. The number of carboxylic acid groups (broad SMARTS) is 1. The Morgan fingerprint density at radius 1 is 1.25 bits per heavy atom. The molecular weight excluding hydrogens is 306 g/mol. The Morgan fingerprint density at radius 3 is 2.58 bits per heavy atom. The quantitative estimate of drug-likeness (QED) is 0.789. The van der Waals surface area contributed by atoms with Crippen LogP contribution in [0.5, 0.6) is 0 Å². The second-order valence-corrected chi connectivity index (χ2v) is 6.43. The summed E-state index contributed by atoms with van der Waals surface area (Å²) in [5.41, 5.74) is 1.60. The van der Waals surface area contributed by atoms with Gasteiger partial charge in [0.1, 0.15) is 6.04 Å². The van der Waals surface area contributed by atoms with E-state index in [0.29, 0.717) is 18.4 Å². The third-order valence-corrected chi connectivity index (χ3v) is 4.37. The highest BCUT2D eigenvalue weighted by molar-refractivity contribution is 5.96. The lowest BCUT2D eigenvalue weighted by Gasteiger charge is -2.32. The minimum absolute atomic E-state index is 0.323. The van der Waals surface area contributed by atoms with E-state index in [2.05, 4.69) is 22.2 Å². The summed E-state index contributed by atoms with van der Waals surface area (Å²) in [6.07, 6.45) is 1.14. The monoisotopic (exact) mass is 333 g/mol. The van der Waals surface area contributed by atoms with Gasteiger partial charge in [0.15, 0.2) is 0 Å². The summed E-state index contributed by atoms with van der Waals surface area (Å²) in [6.45, 7) is 6.86. The topological polar surface area (TPSA) is 72.9 Å². The van der Waals surface area contributed by atoms with Crippen LogP contribution in [0.3, 0.4) is 0 Å². The molecule has 1 saturated heterocycles. The molecule has 1 atom stereocenters. The van der Waals surface area contributed by atoms with Crippen molar-refractivity contribution in [2.24, 2.45) is 0 Å². The summed E-state index contributed by atoms with van der Waals surface area (Å²) in [6, 6.07) is 6.63. The number of carbonyl (C=O) groups is 2. The average Bonchev–Trinajstić information content (AvgIpc) is 2.56. The van der Waals surface area contributed by atoms with Crippen molar-refractivity contribution in [3.05, 3.63) is 35.4 Å². The zero-order valence-electron chi connectivity index (χ0n) is 14.5. The van der Waals surface area contributed by atoms with Gasteiger partial charge in [-0.05, 0) is 31.2 Å². The van der Waals surface area contributed by atoms with Crippen LogP contribution in [-0.2, 0) is 11.3 Å². The smallest absolute Gasteiger partial charge is 0.326 e. The Hall–Kier alpha value is -1.92. The van der Waals surface area contributed by atoms with Crippen LogP contribution < -0.4 is 5.32 Å². The highest BCUT2D eigenvalue weighted by Gasteiger charge is 2.20. The van der Waals surface area contributed by atoms with Gasteiger partial charge in [-0.3, -0.25) is 9.69 Å². The molecule has 1 amide bonds. The first-order valence-corrected chi connectivity index (χ1v) is 8.53. The van der Waals surface area contributed by atoms with Crippen LogP contribution in [0.15, 0.2) is 24.3 Å². The predicted octanol–water partition coefficient (Wildman–Crippen LogP) is 1.42. The third-order valence-electron chi connectivity index (χ3n) is 4.37. The number of hydrogen-bond acceptors (Lipinski definition) is 4. The van der Waals surface area contributed by atoms with Gasteiger partial charge in [0.25, 0.3) is 5.91 Å². The fourth-order valence-electron chi connectivity index (χ4n) is 2.86. The fraction of sp³-hybridized carbons (Fsp3) is 0.556. The maximum atomic E-state index is 12.3. The van der Waals surface area contributed by atoms with Crippen molar-refractivity contribution in [3.8, 4) is 0 Å². The first-order valence-electron chi connectivity index (χ1n) is 8.53. The molecule has 1 aromatic rings. The molecule has 0 aliphatic carbocycles. The van der Waals surface area contributed by atoms with Crippen molar-refractivity contribution in [3.63, 3.8) is 0 Å². The Morgan fingerprint density at radius 2 is 1.96 bits per heavy atom. The summed E-state index contributed by atoms with van der Waals surface area (Å²) >= 11 is 0. The third kappa shape index (κ3) is 5.32. The zero-order valence-corrected chi connectivity index (χ0v) is 14.5. The molecule has 0 spiro atoms. The van der Waals surface area contributed by atoms with Gasteiger partial charge in [-0.1, -0.05) is 25.5 Å². The first kappa shape index (κ1) is 18.4. The largest absolute Gasteiger partial charge is 0.480 e. The lowest BCUT2D eigenvalue weighted by molar-refractivity contribution is -0.139. The average molecular weight is 333 g/mol. The number of carbonyl (C=O) groups excluding carboxylic acids is 1. The number of piperazine rings is 1. The van der Waals surface area contributed by atoms with E-state index in [4.69, 9.17) is 5.11 Å². The highest BCUT2D eigenvalue weighted by Crippen LogP contribution is 2.11. The minimum Gasteiger partial charge on any atom is -0.480 e. The lowest BCUT2D eigenvalue weighted by atomic mass is 10.1. The maximum Gasteiger partial charge on any atom is 0.326 e. The van der Waals surface area contributed by atoms with Crippen molar-refractivity contribution in [1.29, 1.82) is 0 Å². The molecule has 1 fully saturated rings. The van der Waals surface area contributed by atoms with Gasteiger partial charge in [0.2, 0.25) is 0 Å². The standard InChI is InChI=1S/C18H27N3O3/c1-3-5-16(18(23)24)19-17(22)15-7-4-6-14(12-15)13-21-10-8-20(2)9-11-21/h4,6-7,12,16H,3,5,8-11,13H2,1-2H3,(H,19,22)(H,23,24). The molecule has 1 aliphatic heterocycles. The summed E-state index contributed by atoms with van der Waals surface area (Å²) in [5, 5.41) is 11.8. The van der Waals surface area contributed by atoms with Crippen molar-refractivity contribution < 1.29 is 14.7 Å². The van der Waals surface area contributed by atoms with Gasteiger partial charge in [-0.2, -0.15) is 0 Å². The Bertz CT molecular complexity index is 568. The van der Waals surface area contributed by atoms with Crippen LogP contribution >= 0.6 is 0 Å². The van der Waals surface area contributed by atoms with E-state index in [1.807, 2.05) is 25.1 Å². The van der Waals surface area contributed by atoms with Crippen LogP contribution in [0.25, 0.3) is 0 Å². The van der Waals surface area contributed by atoms with Crippen molar-refractivity contribution >= 4 is 11.9 Å². The number of benzene rings is 1. The van der Waals surface area contributed by atoms with Gasteiger partial charge < -0.3 is 15.3 Å². The van der Waals surface area contributed by atoms with Crippen LogP contribution in [0.4, 0.5) is 0 Å². The second kappa shape index (κ2) is 8.80. The van der Waals surface area contributed by atoms with Gasteiger partial charge in [0.05, 0.1) is 0 Å². The molecule has 2 rings (SSSR count). The summed E-state index contributed by atoms with van der Waals surface area (Å²) in [7, 11) is 2.12. The molecule has 0 bridgehead atoms. The predicted molar refractivity (Wildman–Crippen MR) is 93.0 cm³/mol. The molecule has 0 saturated carbocycles. The molecule has 2 N–H and O–H groups in total. The number of carboxylic acids is 1. The van der Waals surface area contributed by atoms with E-state index < -0.39 is 12.0 Å². The normalized spacial score (nSPS) is 17.4. The summed E-state index contributed by atoms with van der Waals surface area (Å²) in [4.78, 5) is 28.2. The Labute approximate surface area is 143 Å². The van der Waals surface area contributed by atoms with E-state index >= 15 is 0 Å². The van der Waals surface area contributed by atoms with Crippen LogP contribution in [0.2, 0.25) is 0 Å². The van der Waals surface area contributed by atoms with Crippen molar-refractivity contribution in [2.45, 2.75) is 32.4 Å². The van der Waals surface area contributed by atoms with Crippen molar-refractivity contribution in [1.82, 2.24) is 15.1 Å². The number of likely N-dealkylation sites (N-methyl/N-ethyl adjacent to an activating group) is 1. The molecule has 0 radical (unpaired) electrons. The summed E-state index contributed by atoms with van der Waals surface area (Å²) < 4.78 is 0. The maximum absolute atomic E-state index is 12.3. The van der Waals surface area contributed by atoms with Gasteiger partial charge in [-0.25, -0.2) is 4.79 Å². The van der Waals surface area contributed by atoms with E-state index in [-0.39, 0.29) is 5.91 Å². The number of amides is 1. The molecule has 24 heavy (non-hydrogen) atoms. The Kier molecular flexibility index (Phi) is 6.75. The van der Waals surface area contributed by atoms with E-state index in [0.717, 1.165) is 38.3 Å². The molecular formula is C18H27N3O3. The van der Waals surface area contributed by atoms with Crippen LogP contribution in [-0.4, -0.2) is 66.1 Å². The van der Waals surface area contributed by atoms with E-state index in [1.165, 1.54) is 0 Å². The minimum atomic E-state index is -0.987. The number of aliphatic carboxylic acids is 1. The zero-order chi connectivity index (χ0) is 17.5. The SMILES string of the molecule is CCCC(NC(=O)c1cccc(CN2CCN(C)CC2)c1)C(=O)O. The number of hydrogen-bond donors (Lipinski definition) is 2. The molecule has 0 aromatic heterocycles. The molecule has 6 heteroatoms. The molecule has 132 valence electrons. The van der Waals surface area contributed by atoms with Crippen molar-refractivity contribution in [2.75, 3.05) is 33.2 Å². The second-order valence-electron chi connectivity index (χ2n) is 6.43. The van der Waals surface area contributed by atoms with Crippen LogP contribution in [0.1, 0.15) is 35.7 Å². The van der Waals surface area contributed by atoms with Gasteiger partial charge in [-0.15, -0.1) is 0 Å². The first-order chi connectivity index (χ1) is 11.5. The lowest BCUT2D eigenvalue weighted by Crippen LogP contribution is -2.44. The van der Waals surface area contributed by atoms with Gasteiger partial charge >= 0.3 is 5.97 Å². The molecule has 1 heterocycles. The fourth-order valence-corrected chi connectivity index (χ4v) is 2.86. The molecule has 6 nitrogen and oxygen atoms in total. The number of nitrogens with one attached hydrogen (secondary N) is 1.